The van der Waals surface area contributed by atoms with Gasteiger partial charge in [0.1, 0.15) is 6.79 Å². The Morgan fingerprint density at radius 1 is 1.46 bits per heavy atom. The van der Waals surface area contributed by atoms with Crippen molar-refractivity contribution in [3.05, 3.63) is 12.7 Å². The van der Waals surface area contributed by atoms with E-state index in [0.29, 0.717) is 0 Å². The predicted molar refractivity (Wildman–Crippen MR) is 54.5 cm³/mol. The normalized spacial score (nSPS) is 9.54. The van der Waals surface area contributed by atoms with E-state index >= 15 is 0 Å². The third kappa shape index (κ3) is 4.45. The van der Waals surface area contributed by atoms with E-state index in [0.717, 1.165) is 6.42 Å². The lowest BCUT2D eigenvalue weighted by Crippen LogP contribution is -2.43. The van der Waals surface area contributed by atoms with Gasteiger partial charge in [0.15, 0.2) is 0 Å². The molecular weight excluding hydrogens is 166 g/mol. The summed E-state index contributed by atoms with van der Waals surface area (Å²) in [4.78, 5) is 20.8. The van der Waals surface area contributed by atoms with Crippen molar-refractivity contribution in [1.29, 1.82) is 0 Å². The average molecular weight is 185 g/mol. The molecule has 0 fully saturated rings. The topological polar surface area (TPSA) is 37.4 Å². The number of amides is 1. The summed E-state index contributed by atoms with van der Waals surface area (Å²) in [6.07, 6.45) is 2.29. The highest BCUT2D eigenvalue weighted by atomic mass is 16.2. The summed E-state index contributed by atoms with van der Waals surface area (Å²) in [6, 6.07) is 0. The second kappa shape index (κ2) is 6.40. The van der Waals surface area contributed by atoms with Gasteiger partial charge in [0.25, 0.3) is 0 Å². The Morgan fingerprint density at radius 2 is 1.85 bits per heavy atom. The zero-order valence-electron chi connectivity index (χ0n) is 8.96. The van der Waals surface area contributed by atoms with E-state index in [2.05, 4.69) is 13.5 Å². The fraction of sp³-hybridized carbons (Fsp3) is 0.600. The quantitative estimate of drug-likeness (QED) is 0.627. The molecule has 0 aromatic rings. The molecule has 1 amide bonds. The van der Waals surface area contributed by atoms with Crippen molar-refractivity contribution in [2.24, 2.45) is 0 Å². The maximum absolute atomic E-state index is 11.1. The number of hydrogen-bond acceptors (Lipinski definition) is 2. The van der Waals surface area contributed by atoms with E-state index < -0.39 is 0 Å². The van der Waals surface area contributed by atoms with Gasteiger partial charge >= 0.3 is 0 Å². The minimum absolute atomic E-state index is 0.0168. The molecule has 13 heavy (non-hydrogen) atoms. The van der Waals surface area contributed by atoms with Crippen LogP contribution < -0.4 is 0 Å². The molecule has 0 aliphatic heterocycles. The van der Waals surface area contributed by atoms with Crippen LogP contribution in [0, 0.1) is 0 Å². The summed E-state index contributed by atoms with van der Waals surface area (Å²) in [5.74, 6) is -0.0168. The molecule has 0 rings (SSSR count). The van der Waals surface area contributed by atoms with Gasteiger partial charge in [-0.2, -0.15) is 0 Å². The molecule has 0 bridgehead atoms. The Labute approximate surface area is 80.4 Å². The lowest BCUT2D eigenvalue weighted by Gasteiger charge is -2.33. The first-order chi connectivity index (χ1) is 5.95. The number of nitrogens with zero attached hydrogens (tertiary/aromatic N) is 1. The highest BCUT2D eigenvalue weighted by molar-refractivity contribution is 5.87. The van der Waals surface area contributed by atoms with Gasteiger partial charge in [-0.25, -0.2) is 0 Å². The first kappa shape index (κ1) is 14.4. The molecule has 3 heteroatoms. The lowest BCUT2D eigenvalue weighted by molar-refractivity contribution is -0.129. The minimum atomic E-state index is -0.0642. The Balaban J connectivity index is 0. The summed E-state index contributed by atoms with van der Waals surface area (Å²) in [7, 11) is 1.80. The SMILES string of the molecule is C=CC(=O)N(C)C(C)(C)CC.C=O. The number of carbonyl (C=O) groups excluding carboxylic acids is 2. The Bertz CT molecular complexity index is 176. The van der Waals surface area contributed by atoms with E-state index in [1.165, 1.54) is 6.08 Å². The van der Waals surface area contributed by atoms with Crippen molar-refractivity contribution in [2.45, 2.75) is 32.7 Å². The summed E-state index contributed by atoms with van der Waals surface area (Å²) < 4.78 is 0. The minimum Gasteiger partial charge on any atom is -0.337 e. The number of likely N-dealkylation sites (N-methyl/N-ethyl adjacent to an activating group) is 1. The van der Waals surface area contributed by atoms with Gasteiger partial charge in [0.2, 0.25) is 5.91 Å². The first-order valence-electron chi connectivity index (χ1n) is 4.14. The van der Waals surface area contributed by atoms with Gasteiger partial charge in [0.05, 0.1) is 0 Å². The molecule has 0 aromatic heterocycles. The molecule has 0 spiro atoms. The Hall–Kier alpha value is -1.12. The van der Waals surface area contributed by atoms with Crippen LogP contribution in [-0.2, 0) is 9.59 Å². The first-order valence-corrected chi connectivity index (χ1v) is 4.14. The van der Waals surface area contributed by atoms with Crippen molar-refractivity contribution < 1.29 is 9.59 Å². The van der Waals surface area contributed by atoms with Crippen LogP contribution in [-0.4, -0.2) is 30.2 Å². The van der Waals surface area contributed by atoms with E-state index in [1.54, 1.807) is 11.9 Å². The maximum atomic E-state index is 11.1. The molecule has 0 saturated carbocycles. The van der Waals surface area contributed by atoms with Gasteiger partial charge in [-0.05, 0) is 26.3 Å². The van der Waals surface area contributed by atoms with E-state index in [9.17, 15) is 4.79 Å². The van der Waals surface area contributed by atoms with Crippen LogP contribution in [0.2, 0.25) is 0 Å². The predicted octanol–water partition coefficient (Wildman–Crippen LogP) is 1.63. The maximum Gasteiger partial charge on any atom is 0.246 e. The van der Waals surface area contributed by atoms with Crippen molar-refractivity contribution in [3.63, 3.8) is 0 Å². The van der Waals surface area contributed by atoms with Crippen LogP contribution >= 0.6 is 0 Å². The van der Waals surface area contributed by atoms with Gasteiger partial charge in [-0.1, -0.05) is 13.5 Å². The molecule has 0 aromatic carbocycles. The summed E-state index contributed by atoms with van der Waals surface area (Å²) in [5, 5.41) is 0. The monoisotopic (exact) mass is 185 g/mol. The van der Waals surface area contributed by atoms with Gasteiger partial charge < -0.3 is 9.69 Å². The molecule has 0 saturated heterocycles. The molecule has 0 atom stereocenters. The molecule has 0 N–H and O–H groups in total. The summed E-state index contributed by atoms with van der Waals surface area (Å²) in [5.41, 5.74) is -0.0642. The smallest absolute Gasteiger partial charge is 0.246 e. The number of rotatable bonds is 3. The van der Waals surface area contributed by atoms with Gasteiger partial charge in [-0.3, -0.25) is 4.79 Å². The fourth-order valence-corrected chi connectivity index (χ4v) is 0.672. The van der Waals surface area contributed by atoms with E-state index in [4.69, 9.17) is 4.79 Å². The number of hydrogen-bond donors (Lipinski definition) is 0. The zero-order chi connectivity index (χ0) is 11.1. The van der Waals surface area contributed by atoms with Crippen LogP contribution in [0.15, 0.2) is 12.7 Å². The summed E-state index contributed by atoms with van der Waals surface area (Å²) >= 11 is 0. The third-order valence-electron chi connectivity index (χ3n) is 2.28. The van der Waals surface area contributed by atoms with Crippen LogP contribution in [0.4, 0.5) is 0 Å². The van der Waals surface area contributed by atoms with Crippen molar-refractivity contribution in [1.82, 2.24) is 4.90 Å². The number of carbonyl (C=O) groups is 2. The molecule has 3 nitrogen and oxygen atoms in total. The van der Waals surface area contributed by atoms with Gasteiger partial charge in [-0.15, -0.1) is 0 Å². The van der Waals surface area contributed by atoms with Gasteiger partial charge in [0, 0.05) is 12.6 Å². The zero-order valence-corrected chi connectivity index (χ0v) is 8.96. The van der Waals surface area contributed by atoms with Crippen LogP contribution in [0.25, 0.3) is 0 Å². The van der Waals surface area contributed by atoms with Crippen molar-refractivity contribution in [2.75, 3.05) is 7.05 Å². The molecule has 0 aliphatic rings. The Morgan fingerprint density at radius 3 is 2.08 bits per heavy atom. The molecular formula is C10H19NO2. The van der Waals surface area contributed by atoms with Crippen LogP contribution in [0.5, 0.6) is 0 Å². The fourth-order valence-electron chi connectivity index (χ4n) is 0.672. The highest BCUT2D eigenvalue weighted by Crippen LogP contribution is 2.16. The standard InChI is InChI=1S/C9H17NO.CH2O/c1-6-8(11)10(5)9(3,4)7-2;1-2/h6H,1,7H2,2-5H3;1H2. The van der Waals surface area contributed by atoms with Crippen LogP contribution in [0.3, 0.4) is 0 Å². The second-order valence-electron chi connectivity index (χ2n) is 3.27. The molecule has 0 aliphatic carbocycles. The molecule has 0 unspecified atom stereocenters. The molecule has 76 valence electrons. The molecule has 0 heterocycles. The third-order valence-corrected chi connectivity index (χ3v) is 2.28. The van der Waals surface area contributed by atoms with Crippen LogP contribution in [0.1, 0.15) is 27.2 Å². The Kier molecular flexibility index (Phi) is 7.09. The molecule has 0 radical (unpaired) electrons. The largest absolute Gasteiger partial charge is 0.337 e. The second-order valence-corrected chi connectivity index (χ2v) is 3.27. The summed E-state index contributed by atoms with van der Waals surface area (Å²) in [6.45, 7) is 11.6. The lowest BCUT2D eigenvalue weighted by atomic mass is 10.00. The van der Waals surface area contributed by atoms with E-state index in [-0.39, 0.29) is 11.4 Å². The van der Waals surface area contributed by atoms with Crippen molar-refractivity contribution >= 4 is 12.7 Å². The van der Waals surface area contributed by atoms with Crippen molar-refractivity contribution in [3.8, 4) is 0 Å². The highest BCUT2D eigenvalue weighted by Gasteiger charge is 2.23. The average Bonchev–Trinajstić information content (AvgIpc) is 2.18. The van der Waals surface area contributed by atoms with E-state index in [1.807, 2.05) is 20.6 Å².